The zero-order valence-corrected chi connectivity index (χ0v) is 23.9. The first kappa shape index (κ1) is 35.5. The van der Waals surface area contributed by atoms with Crippen molar-refractivity contribution in [3.8, 4) is 0 Å². The van der Waals surface area contributed by atoms with Gasteiger partial charge in [-0.2, -0.15) is 0 Å². The van der Waals surface area contributed by atoms with Crippen LogP contribution in [0.1, 0.15) is 87.9 Å². The van der Waals surface area contributed by atoms with Gasteiger partial charge in [0.25, 0.3) is 0 Å². The second kappa shape index (κ2) is 18.8. The SMILES string of the molecule is CCCCCCCCCC(=O)NC(CC(=O)c1ccccc1N)C(=O)NC(CC(N)=O)C(=O)NC(CC(=O)O)C(N)=O. The van der Waals surface area contributed by atoms with E-state index in [1.807, 2.05) is 0 Å². The van der Waals surface area contributed by atoms with Crippen molar-refractivity contribution in [2.75, 3.05) is 5.73 Å². The Hall–Kier alpha value is -4.49. The van der Waals surface area contributed by atoms with Crippen molar-refractivity contribution in [1.29, 1.82) is 0 Å². The molecule has 0 heterocycles. The number of para-hydroxylation sites is 1. The number of nitrogens with two attached hydrogens (primary N) is 3. The number of ketones is 1. The highest BCUT2D eigenvalue weighted by atomic mass is 16.4. The molecule has 0 aliphatic carbocycles. The van der Waals surface area contributed by atoms with Gasteiger partial charge >= 0.3 is 5.97 Å². The standard InChI is InChI=1S/C28H42N6O8/c1-2-3-4-5-6-7-8-13-24(37)32-20(14-22(35)17-11-9-10-12-18(17)29)27(41)34-21(15-23(30)36)28(42)33-19(26(31)40)16-25(38)39/h9-12,19-21H,2-8,13-16,29H2,1H3,(H2,30,36)(H2,31,40)(H,32,37)(H,33,42)(H,34,41)(H,38,39). The molecule has 1 rings (SSSR count). The van der Waals surface area contributed by atoms with Crippen LogP contribution in [0.4, 0.5) is 5.69 Å². The van der Waals surface area contributed by atoms with Crippen LogP contribution in [0.25, 0.3) is 0 Å². The number of Topliss-reactive ketones (excluding diaryl/α,β-unsaturated/α-hetero) is 1. The van der Waals surface area contributed by atoms with E-state index >= 15 is 0 Å². The number of primary amides is 2. The molecule has 0 saturated heterocycles. The number of rotatable bonds is 21. The van der Waals surface area contributed by atoms with Crippen LogP contribution in [0.15, 0.2) is 24.3 Å². The number of nitrogens with one attached hydrogen (secondary N) is 3. The summed E-state index contributed by atoms with van der Waals surface area (Å²) in [6.45, 7) is 2.12. The third-order valence-electron chi connectivity index (χ3n) is 6.39. The highest BCUT2D eigenvalue weighted by Gasteiger charge is 2.32. The van der Waals surface area contributed by atoms with Crippen molar-refractivity contribution < 1.29 is 38.7 Å². The second-order valence-corrected chi connectivity index (χ2v) is 10.00. The normalized spacial score (nSPS) is 12.8. The molecule has 0 saturated carbocycles. The number of nitrogen functional groups attached to an aromatic ring is 1. The fourth-order valence-electron chi connectivity index (χ4n) is 4.12. The average molecular weight is 591 g/mol. The van der Waals surface area contributed by atoms with Crippen LogP contribution in [0.2, 0.25) is 0 Å². The van der Waals surface area contributed by atoms with E-state index in [0.29, 0.717) is 6.42 Å². The summed E-state index contributed by atoms with van der Waals surface area (Å²) in [5, 5.41) is 15.8. The molecule has 3 atom stereocenters. The molecule has 1 aromatic rings. The van der Waals surface area contributed by atoms with Gasteiger partial charge in [-0.25, -0.2) is 0 Å². The monoisotopic (exact) mass is 590 g/mol. The van der Waals surface area contributed by atoms with Crippen LogP contribution >= 0.6 is 0 Å². The highest BCUT2D eigenvalue weighted by molar-refractivity contribution is 6.04. The molecule has 0 bridgehead atoms. The number of benzene rings is 1. The number of unbranched alkanes of at least 4 members (excludes halogenated alkanes) is 6. The minimum Gasteiger partial charge on any atom is -0.481 e. The summed E-state index contributed by atoms with van der Waals surface area (Å²) in [4.78, 5) is 86.0. The van der Waals surface area contributed by atoms with Crippen molar-refractivity contribution >= 4 is 47.0 Å². The second-order valence-electron chi connectivity index (χ2n) is 10.00. The molecular formula is C28H42N6O8. The summed E-state index contributed by atoms with van der Waals surface area (Å²) < 4.78 is 0. The van der Waals surface area contributed by atoms with Gasteiger partial charge in [0.05, 0.1) is 12.8 Å². The van der Waals surface area contributed by atoms with E-state index in [4.69, 9.17) is 22.3 Å². The maximum absolute atomic E-state index is 13.3. The van der Waals surface area contributed by atoms with Gasteiger partial charge < -0.3 is 38.3 Å². The molecule has 0 aromatic heterocycles. The Morgan fingerprint density at radius 3 is 1.83 bits per heavy atom. The van der Waals surface area contributed by atoms with Crippen LogP contribution in [0.5, 0.6) is 0 Å². The lowest BCUT2D eigenvalue weighted by atomic mass is 10.0. The van der Waals surface area contributed by atoms with Crippen LogP contribution in [0.3, 0.4) is 0 Å². The van der Waals surface area contributed by atoms with Gasteiger partial charge in [-0.3, -0.25) is 33.6 Å². The van der Waals surface area contributed by atoms with Crippen molar-refractivity contribution in [2.24, 2.45) is 11.5 Å². The smallest absolute Gasteiger partial charge is 0.305 e. The summed E-state index contributed by atoms with van der Waals surface area (Å²) in [6, 6.07) is 1.41. The summed E-state index contributed by atoms with van der Waals surface area (Å²) >= 11 is 0. The van der Waals surface area contributed by atoms with E-state index in [1.54, 1.807) is 12.1 Å². The number of carboxylic acids is 1. The van der Waals surface area contributed by atoms with Crippen molar-refractivity contribution in [3.63, 3.8) is 0 Å². The first-order chi connectivity index (χ1) is 19.8. The number of hydrogen-bond donors (Lipinski definition) is 7. The van der Waals surface area contributed by atoms with Gasteiger partial charge in [-0.15, -0.1) is 0 Å². The van der Waals surface area contributed by atoms with Crippen molar-refractivity contribution in [1.82, 2.24) is 16.0 Å². The summed E-state index contributed by atoms with van der Waals surface area (Å²) in [5.74, 6) is -6.75. The Labute approximate surface area is 244 Å². The molecule has 0 aliphatic heterocycles. The van der Waals surface area contributed by atoms with E-state index in [2.05, 4.69) is 22.9 Å². The average Bonchev–Trinajstić information content (AvgIpc) is 2.90. The Bertz CT molecular complexity index is 1130. The Kier molecular flexibility index (Phi) is 15.9. The zero-order chi connectivity index (χ0) is 31.7. The predicted molar refractivity (Wildman–Crippen MR) is 153 cm³/mol. The van der Waals surface area contributed by atoms with Gasteiger partial charge in [-0.1, -0.05) is 57.6 Å². The first-order valence-electron chi connectivity index (χ1n) is 13.9. The van der Waals surface area contributed by atoms with Crippen molar-refractivity contribution in [2.45, 2.75) is 95.7 Å². The van der Waals surface area contributed by atoms with E-state index < -0.39 is 78.7 Å². The molecule has 0 radical (unpaired) electrons. The molecular weight excluding hydrogens is 548 g/mol. The van der Waals surface area contributed by atoms with Gasteiger partial charge in [0, 0.05) is 24.1 Å². The van der Waals surface area contributed by atoms with Gasteiger partial charge in [-0.05, 0) is 18.6 Å². The summed E-state index contributed by atoms with van der Waals surface area (Å²) in [7, 11) is 0. The first-order valence-corrected chi connectivity index (χ1v) is 13.9. The molecule has 0 aliphatic rings. The molecule has 10 N–H and O–H groups in total. The predicted octanol–water partition coefficient (Wildman–Crippen LogP) is 0.272. The molecule has 5 amide bonds. The van der Waals surface area contributed by atoms with Crippen LogP contribution in [0, 0.1) is 0 Å². The van der Waals surface area contributed by atoms with Gasteiger partial charge in [0.1, 0.15) is 18.1 Å². The minimum atomic E-state index is -1.66. The number of hydrogen-bond acceptors (Lipinski definition) is 8. The van der Waals surface area contributed by atoms with Crippen molar-refractivity contribution in [3.05, 3.63) is 29.8 Å². The quantitative estimate of drug-likeness (QED) is 0.0588. The summed E-state index contributed by atoms with van der Waals surface area (Å²) in [5.41, 5.74) is 16.5. The lowest BCUT2D eigenvalue weighted by Gasteiger charge is -2.24. The Morgan fingerprint density at radius 2 is 1.29 bits per heavy atom. The molecule has 1 aromatic carbocycles. The third kappa shape index (κ3) is 13.7. The minimum absolute atomic E-state index is 0.0971. The maximum Gasteiger partial charge on any atom is 0.305 e. The molecule has 14 nitrogen and oxygen atoms in total. The molecule has 232 valence electrons. The number of anilines is 1. The van der Waals surface area contributed by atoms with Gasteiger partial charge in [0.2, 0.25) is 29.5 Å². The maximum atomic E-state index is 13.3. The van der Waals surface area contributed by atoms with Gasteiger partial charge in [0.15, 0.2) is 5.78 Å². The fraction of sp³-hybridized carbons (Fsp3) is 0.536. The van der Waals surface area contributed by atoms with Crippen LogP contribution < -0.4 is 33.2 Å². The van der Waals surface area contributed by atoms with E-state index in [-0.39, 0.29) is 17.7 Å². The van der Waals surface area contributed by atoms with E-state index in [1.165, 1.54) is 12.1 Å². The highest BCUT2D eigenvalue weighted by Crippen LogP contribution is 2.15. The molecule has 14 heteroatoms. The molecule has 0 fully saturated rings. The molecule has 0 spiro atoms. The number of carbonyl (C=O) groups is 7. The zero-order valence-electron chi connectivity index (χ0n) is 23.9. The Morgan fingerprint density at radius 1 is 0.738 bits per heavy atom. The fourth-order valence-corrected chi connectivity index (χ4v) is 4.12. The molecule has 42 heavy (non-hydrogen) atoms. The Balaban J connectivity index is 3.05. The van der Waals surface area contributed by atoms with E-state index in [0.717, 1.165) is 38.5 Å². The number of carboxylic acid groups (broad SMARTS) is 1. The summed E-state index contributed by atoms with van der Waals surface area (Å²) in [6.07, 6.45) is 4.78. The van der Waals surface area contributed by atoms with Crippen LogP contribution in [-0.2, 0) is 28.8 Å². The lowest BCUT2D eigenvalue weighted by Crippen LogP contribution is -2.57. The number of amides is 5. The largest absolute Gasteiger partial charge is 0.481 e. The molecule has 3 unspecified atom stereocenters. The lowest BCUT2D eigenvalue weighted by molar-refractivity contribution is -0.140. The number of aliphatic carboxylic acids is 1. The van der Waals surface area contributed by atoms with Crippen LogP contribution in [-0.4, -0.2) is 64.5 Å². The number of carbonyl (C=O) groups excluding carboxylic acids is 6. The van der Waals surface area contributed by atoms with E-state index in [9.17, 15) is 33.6 Å². The topological polar surface area (TPSA) is 254 Å². The third-order valence-corrected chi connectivity index (χ3v) is 6.39.